The number of hydrogen-bond acceptors (Lipinski definition) is 6. The van der Waals surface area contributed by atoms with Crippen molar-refractivity contribution in [3.63, 3.8) is 0 Å². The van der Waals surface area contributed by atoms with Gasteiger partial charge in [-0.15, -0.1) is 0 Å². The van der Waals surface area contributed by atoms with Crippen LogP contribution in [0, 0.1) is 27.2 Å². The smallest absolute Gasteiger partial charge is 0.275 e. The number of nitrogens with two attached hydrogens (primary N) is 1. The third-order valence-corrected chi connectivity index (χ3v) is 2.73. The van der Waals surface area contributed by atoms with Crippen molar-refractivity contribution >= 4 is 17.1 Å². The summed E-state index contributed by atoms with van der Waals surface area (Å²) < 4.78 is 5.46. The van der Waals surface area contributed by atoms with E-state index in [-0.39, 0.29) is 22.8 Å². The normalized spacial score (nSPS) is 10.1. The predicted molar refractivity (Wildman–Crippen MR) is 75.4 cm³/mol. The number of hydrogen-bond donors (Lipinski definition) is 1. The van der Waals surface area contributed by atoms with E-state index in [9.17, 15) is 20.2 Å². The van der Waals surface area contributed by atoms with E-state index >= 15 is 0 Å². The number of benzene rings is 2. The molecule has 0 saturated carbocycles. The summed E-state index contributed by atoms with van der Waals surface area (Å²) >= 11 is 0. The van der Waals surface area contributed by atoms with Crippen LogP contribution in [0.2, 0.25) is 0 Å². The molecule has 8 heteroatoms. The van der Waals surface area contributed by atoms with E-state index in [0.717, 1.165) is 0 Å². The van der Waals surface area contributed by atoms with Crippen LogP contribution in [-0.2, 0) is 0 Å². The third kappa shape index (κ3) is 3.24. The van der Waals surface area contributed by atoms with Crippen molar-refractivity contribution in [1.29, 1.82) is 0 Å². The van der Waals surface area contributed by atoms with Gasteiger partial charge in [-0.2, -0.15) is 0 Å². The van der Waals surface area contributed by atoms with E-state index in [4.69, 9.17) is 10.5 Å². The molecule has 0 aliphatic heterocycles. The van der Waals surface area contributed by atoms with Gasteiger partial charge in [0, 0.05) is 29.4 Å². The van der Waals surface area contributed by atoms with Crippen LogP contribution in [-0.4, -0.2) is 9.85 Å². The van der Waals surface area contributed by atoms with Gasteiger partial charge in [-0.05, 0) is 19.1 Å². The molecule has 0 saturated heterocycles. The fourth-order valence-electron chi connectivity index (χ4n) is 1.80. The number of nitrogens with zero attached hydrogens (tertiary/aromatic N) is 2. The summed E-state index contributed by atoms with van der Waals surface area (Å²) in [5.74, 6) is 0.521. The second-order valence-corrected chi connectivity index (χ2v) is 4.32. The van der Waals surface area contributed by atoms with Gasteiger partial charge in [0.2, 0.25) is 0 Å². The van der Waals surface area contributed by atoms with E-state index in [2.05, 4.69) is 0 Å². The molecule has 0 atom stereocenters. The van der Waals surface area contributed by atoms with Gasteiger partial charge in [0.25, 0.3) is 11.4 Å². The summed E-state index contributed by atoms with van der Waals surface area (Å²) in [6.07, 6.45) is 0. The number of aryl methyl sites for hydroxylation is 1. The molecule has 108 valence electrons. The number of non-ortho nitro benzene ring substituents is 1. The second kappa shape index (κ2) is 5.45. The van der Waals surface area contributed by atoms with Crippen LogP contribution in [0.3, 0.4) is 0 Å². The minimum absolute atomic E-state index is 0.0269. The molecule has 0 aromatic heterocycles. The Labute approximate surface area is 119 Å². The van der Waals surface area contributed by atoms with Crippen LogP contribution >= 0.6 is 0 Å². The molecule has 0 bridgehead atoms. The number of ether oxygens (including phenoxy) is 1. The van der Waals surface area contributed by atoms with Gasteiger partial charge in [-0.3, -0.25) is 20.2 Å². The first kappa shape index (κ1) is 14.3. The lowest BCUT2D eigenvalue weighted by Gasteiger charge is -2.07. The molecule has 2 aromatic carbocycles. The molecule has 0 spiro atoms. The zero-order valence-corrected chi connectivity index (χ0v) is 11.0. The van der Waals surface area contributed by atoms with Crippen LogP contribution in [0.5, 0.6) is 11.5 Å². The lowest BCUT2D eigenvalue weighted by Crippen LogP contribution is -1.95. The van der Waals surface area contributed by atoms with Crippen molar-refractivity contribution in [2.45, 2.75) is 6.92 Å². The highest BCUT2D eigenvalue weighted by molar-refractivity contribution is 5.54. The molecule has 0 aliphatic rings. The van der Waals surface area contributed by atoms with Crippen LogP contribution < -0.4 is 10.5 Å². The molecule has 0 radical (unpaired) electrons. The van der Waals surface area contributed by atoms with Crippen molar-refractivity contribution in [3.05, 3.63) is 62.2 Å². The maximum atomic E-state index is 10.8. The topological polar surface area (TPSA) is 122 Å². The van der Waals surface area contributed by atoms with E-state index in [1.54, 1.807) is 6.92 Å². The van der Waals surface area contributed by atoms with Gasteiger partial charge < -0.3 is 10.5 Å². The Morgan fingerprint density at radius 1 is 1.00 bits per heavy atom. The van der Waals surface area contributed by atoms with Crippen molar-refractivity contribution < 1.29 is 14.6 Å². The fourth-order valence-corrected chi connectivity index (χ4v) is 1.80. The van der Waals surface area contributed by atoms with E-state index in [0.29, 0.717) is 11.3 Å². The van der Waals surface area contributed by atoms with Crippen molar-refractivity contribution in [1.82, 2.24) is 0 Å². The Morgan fingerprint density at radius 3 is 2.29 bits per heavy atom. The lowest BCUT2D eigenvalue weighted by molar-refractivity contribution is -0.385. The Bertz CT molecular complexity index is 730. The maximum absolute atomic E-state index is 10.8. The average molecular weight is 289 g/mol. The number of nitro groups is 2. The Kier molecular flexibility index (Phi) is 3.70. The Balaban J connectivity index is 2.32. The van der Waals surface area contributed by atoms with Gasteiger partial charge >= 0.3 is 0 Å². The number of rotatable bonds is 4. The highest BCUT2D eigenvalue weighted by atomic mass is 16.6. The van der Waals surface area contributed by atoms with Gasteiger partial charge in [-0.1, -0.05) is 0 Å². The fraction of sp³-hybridized carbons (Fsp3) is 0.0769. The molecule has 0 aliphatic carbocycles. The summed E-state index contributed by atoms with van der Waals surface area (Å²) in [4.78, 5) is 20.4. The lowest BCUT2D eigenvalue weighted by atomic mass is 10.2. The monoisotopic (exact) mass is 289 g/mol. The molecular formula is C13H11N3O5. The van der Waals surface area contributed by atoms with E-state index in [1.165, 1.54) is 36.4 Å². The molecule has 21 heavy (non-hydrogen) atoms. The number of anilines is 1. The first-order chi connectivity index (χ1) is 9.86. The molecule has 0 amide bonds. The molecule has 8 nitrogen and oxygen atoms in total. The van der Waals surface area contributed by atoms with E-state index in [1.807, 2.05) is 0 Å². The number of nitro benzene ring substituents is 2. The quantitative estimate of drug-likeness (QED) is 0.524. The average Bonchev–Trinajstić information content (AvgIpc) is 2.37. The van der Waals surface area contributed by atoms with Crippen LogP contribution in [0.4, 0.5) is 17.1 Å². The largest absolute Gasteiger partial charge is 0.457 e. The maximum Gasteiger partial charge on any atom is 0.275 e. The van der Waals surface area contributed by atoms with E-state index < -0.39 is 9.85 Å². The second-order valence-electron chi connectivity index (χ2n) is 4.32. The third-order valence-electron chi connectivity index (χ3n) is 2.73. The zero-order chi connectivity index (χ0) is 15.6. The van der Waals surface area contributed by atoms with Gasteiger partial charge in [0.1, 0.15) is 11.5 Å². The Hall–Kier alpha value is -3.16. The molecule has 2 aromatic rings. The summed E-state index contributed by atoms with van der Waals surface area (Å²) in [7, 11) is 0. The van der Waals surface area contributed by atoms with Crippen molar-refractivity contribution in [3.8, 4) is 11.5 Å². The van der Waals surface area contributed by atoms with Gasteiger partial charge in [-0.25, -0.2) is 0 Å². The summed E-state index contributed by atoms with van der Waals surface area (Å²) in [5, 5.41) is 21.5. The summed E-state index contributed by atoms with van der Waals surface area (Å²) in [6, 6.07) is 8.09. The summed E-state index contributed by atoms with van der Waals surface area (Å²) in [6.45, 7) is 1.58. The molecule has 2 rings (SSSR count). The molecule has 2 N–H and O–H groups in total. The highest BCUT2D eigenvalue weighted by Gasteiger charge is 2.13. The van der Waals surface area contributed by atoms with Crippen molar-refractivity contribution in [2.24, 2.45) is 0 Å². The SMILES string of the molecule is Cc1cc(Oc2cc(N)cc([N+](=O)[O-])c2)ccc1[N+](=O)[O-]. The summed E-state index contributed by atoms with van der Waals surface area (Å²) in [5.41, 5.74) is 5.97. The standard InChI is InChI=1S/C13H11N3O5/c1-8-4-11(2-3-13(8)16(19)20)21-12-6-9(14)5-10(7-12)15(17)18/h2-7H,14H2,1H3. The van der Waals surface area contributed by atoms with Crippen molar-refractivity contribution in [2.75, 3.05) is 5.73 Å². The van der Waals surface area contributed by atoms with Crippen LogP contribution in [0.1, 0.15) is 5.56 Å². The minimum atomic E-state index is -0.579. The minimum Gasteiger partial charge on any atom is -0.457 e. The molecule has 0 heterocycles. The number of nitrogen functional groups attached to an aromatic ring is 1. The first-order valence-corrected chi connectivity index (χ1v) is 5.84. The highest BCUT2D eigenvalue weighted by Crippen LogP contribution is 2.30. The molecular weight excluding hydrogens is 278 g/mol. The van der Waals surface area contributed by atoms with Gasteiger partial charge in [0.05, 0.1) is 15.9 Å². The van der Waals surface area contributed by atoms with Gasteiger partial charge in [0.15, 0.2) is 0 Å². The first-order valence-electron chi connectivity index (χ1n) is 5.84. The van der Waals surface area contributed by atoms with Crippen LogP contribution in [0.25, 0.3) is 0 Å². The zero-order valence-electron chi connectivity index (χ0n) is 11.0. The molecule has 0 unspecified atom stereocenters. The van der Waals surface area contributed by atoms with Crippen LogP contribution in [0.15, 0.2) is 36.4 Å². The Morgan fingerprint density at radius 2 is 1.71 bits per heavy atom. The predicted octanol–water partition coefficient (Wildman–Crippen LogP) is 3.19. The molecule has 0 fully saturated rings.